The molecule has 5 heteroatoms. The average Bonchev–Trinajstić information content (AvgIpc) is 2.47. The summed E-state index contributed by atoms with van der Waals surface area (Å²) in [4.78, 5) is 4.05. The highest BCUT2D eigenvalue weighted by molar-refractivity contribution is 9.08. The fourth-order valence-corrected chi connectivity index (χ4v) is 1.85. The first kappa shape index (κ1) is 13.9. The molecule has 1 aromatic carbocycles. The molecule has 0 amide bonds. The zero-order valence-electron chi connectivity index (χ0n) is 10.0. The van der Waals surface area contributed by atoms with Gasteiger partial charge in [-0.05, 0) is 12.1 Å². The van der Waals surface area contributed by atoms with Crippen LogP contribution in [0.1, 0.15) is 11.3 Å². The van der Waals surface area contributed by atoms with Gasteiger partial charge in [-0.2, -0.15) is 8.78 Å². The van der Waals surface area contributed by atoms with Crippen molar-refractivity contribution in [1.29, 1.82) is 0 Å². The lowest BCUT2D eigenvalue weighted by atomic mass is 10.1. The number of rotatable bonds is 5. The van der Waals surface area contributed by atoms with Crippen LogP contribution in [0.4, 0.5) is 8.78 Å². The van der Waals surface area contributed by atoms with E-state index < -0.39 is 12.5 Å². The minimum Gasteiger partial charge on any atom is -0.485 e. The number of pyridine rings is 1. The lowest BCUT2D eigenvalue weighted by molar-refractivity contribution is -0.0468. The second kappa shape index (κ2) is 6.10. The SMILES string of the molecule is FC(F)(COc1ccc(CBr)nc1)c1ccccc1. The van der Waals surface area contributed by atoms with E-state index in [4.69, 9.17) is 4.74 Å². The predicted octanol–water partition coefficient (Wildman–Crippen LogP) is 4.15. The summed E-state index contributed by atoms with van der Waals surface area (Å²) in [5.41, 5.74) is 0.766. The molecule has 0 atom stereocenters. The van der Waals surface area contributed by atoms with Crippen LogP contribution in [0.3, 0.4) is 0 Å². The third kappa shape index (κ3) is 3.73. The molecular formula is C14H12BrF2NO. The van der Waals surface area contributed by atoms with Gasteiger partial charge in [0, 0.05) is 10.9 Å². The van der Waals surface area contributed by atoms with Crippen molar-refractivity contribution < 1.29 is 13.5 Å². The van der Waals surface area contributed by atoms with Crippen molar-refractivity contribution in [3.63, 3.8) is 0 Å². The minimum atomic E-state index is -3.02. The molecule has 0 aliphatic heterocycles. The van der Waals surface area contributed by atoms with Gasteiger partial charge in [0.15, 0.2) is 6.61 Å². The van der Waals surface area contributed by atoms with Gasteiger partial charge in [0.2, 0.25) is 0 Å². The molecular weight excluding hydrogens is 316 g/mol. The van der Waals surface area contributed by atoms with Gasteiger partial charge in [0.05, 0.1) is 11.9 Å². The Morgan fingerprint density at radius 2 is 1.84 bits per heavy atom. The van der Waals surface area contributed by atoms with Crippen molar-refractivity contribution in [3.05, 3.63) is 59.9 Å². The van der Waals surface area contributed by atoms with Crippen molar-refractivity contribution in [3.8, 4) is 5.75 Å². The first-order valence-electron chi connectivity index (χ1n) is 5.69. The van der Waals surface area contributed by atoms with Crippen LogP contribution in [-0.4, -0.2) is 11.6 Å². The fraction of sp³-hybridized carbons (Fsp3) is 0.214. The number of hydrogen-bond donors (Lipinski definition) is 0. The zero-order valence-corrected chi connectivity index (χ0v) is 11.6. The largest absolute Gasteiger partial charge is 0.485 e. The van der Waals surface area contributed by atoms with E-state index in [0.29, 0.717) is 11.1 Å². The average molecular weight is 328 g/mol. The topological polar surface area (TPSA) is 22.1 Å². The fourth-order valence-electron chi connectivity index (χ4n) is 1.51. The normalized spacial score (nSPS) is 11.3. The van der Waals surface area contributed by atoms with Crippen LogP contribution in [0.15, 0.2) is 48.7 Å². The highest BCUT2D eigenvalue weighted by Gasteiger charge is 2.32. The van der Waals surface area contributed by atoms with Gasteiger partial charge in [-0.1, -0.05) is 46.3 Å². The molecule has 0 N–H and O–H groups in total. The molecule has 0 aliphatic carbocycles. The number of halogens is 3. The molecule has 0 aliphatic rings. The number of ether oxygens (including phenoxy) is 1. The molecule has 0 bridgehead atoms. The molecule has 1 aromatic heterocycles. The van der Waals surface area contributed by atoms with Gasteiger partial charge in [-0.25, -0.2) is 0 Å². The second-order valence-electron chi connectivity index (χ2n) is 3.98. The molecule has 0 radical (unpaired) electrons. The summed E-state index contributed by atoms with van der Waals surface area (Å²) in [6.07, 6.45) is 1.44. The molecule has 19 heavy (non-hydrogen) atoms. The maximum absolute atomic E-state index is 13.8. The van der Waals surface area contributed by atoms with Gasteiger partial charge in [0.25, 0.3) is 0 Å². The Morgan fingerprint density at radius 1 is 1.11 bits per heavy atom. The van der Waals surface area contributed by atoms with E-state index in [2.05, 4.69) is 20.9 Å². The Balaban J connectivity index is 2.01. The van der Waals surface area contributed by atoms with Crippen molar-refractivity contribution in [2.24, 2.45) is 0 Å². The standard InChI is InChI=1S/C14H12BrF2NO/c15-8-12-6-7-13(9-18-12)19-10-14(16,17)11-4-2-1-3-5-11/h1-7,9H,8,10H2. The molecule has 2 aromatic rings. The summed E-state index contributed by atoms with van der Waals surface area (Å²) < 4.78 is 32.8. The van der Waals surface area contributed by atoms with E-state index in [0.717, 1.165) is 5.69 Å². The Morgan fingerprint density at radius 3 is 2.42 bits per heavy atom. The quantitative estimate of drug-likeness (QED) is 0.770. The summed E-state index contributed by atoms with van der Waals surface area (Å²) in [5.74, 6) is -2.68. The molecule has 0 saturated carbocycles. The second-order valence-corrected chi connectivity index (χ2v) is 4.54. The summed E-state index contributed by atoms with van der Waals surface area (Å²) in [6.45, 7) is -0.702. The highest BCUT2D eigenvalue weighted by atomic mass is 79.9. The molecule has 0 fully saturated rings. The van der Waals surface area contributed by atoms with Crippen molar-refractivity contribution in [2.45, 2.75) is 11.3 Å². The first-order chi connectivity index (χ1) is 9.12. The van der Waals surface area contributed by atoms with E-state index in [1.165, 1.54) is 18.3 Å². The highest BCUT2D eigenvalue weighted by Crippen LogP contribution is 2.28. The van der Waals surface area contributed by atoms with Crippen molar-refractivity contribution >= 4 is 15.9 Å². The van der Waals surface area contributed by atoms with Crippen LogP contribution in [0.5, 0.6) is 5.75 Å². The Bertz CT molecular complexity index is 517. The van der Waals surface area contributed by atoms with Gasteiger partial charge in [0.1, 0.15) is 5.75 Å². The zero-order chi connectivity index (χ0) is 13.7. The molecule has 0 spiro atoms. The van der Waals surface area contributed by atoms with Crippen LogP contribution < -0.4 is 4.74 Å². The van der Waals surface area contributed by atoms with Gasteiger partial charge in [-0.3, -0.25) is 4.98 Å². The maximum atomic E-state index is 13.8. The van der Waals surface area contributed by atoms with Crippen LogP contribution in [0.2, 0.25) is 0 Å². The van der Waals surface area contributed by atoms with Crippen molar-refractivity contribution in [1.82, 2.24) is 4.98 Å². The third-order valence-corrected chi connectivity index (χ3v) is 3.13. The molecule has 0 unspecified atom stereocenters. The van der Waals surface area contributed by atoms with Gasteiger partial charge in [-0.15, -0.1) is 0 Å². The number of alkyl halides is 3. The van der Waals surface area contributed by atoms with Gasteiger partial charge >= 0.3 is 5.92 Å². The Kier molecular flexibility index (Phi) is 4.47. The lowest BCUT2D eigenvalue weighted by Crippen LogP contribution is -2.23. The molecule has 2 nitrogen and oxygen atoms in total. The molecule has 1 heterocycles. The maximum Gasteiger partial charge on any atom is 0.306 e. The Hall–Kier alpha value is -1.49. The van der Waals surface area contributed by atoms with Crippen LogP contribution in [-0.2, 0) is 11.3 Å². The summed E-state index contributed by atoms with van der Waals surface area (Å²) in [7, 11) is 0. The van der Waals surface area contributed by atoms with E-state index >= 15 is 0 Å². The van der Waals surface area contributed by atoms with Crippen molar-refractivity contribution in [2.75, 3.05) is 6.61 Å². The lowest BCUT2D eigenvalue weighted by Gasteiger charge is -2.17. The smallest absolute Gasteiger partial charge is 0.306 e. The van der Waals surface area contributed by atoms with E-state index in [1.807, 2.05) is 0 Å². The first-order valence-corrected chi connectivity index (χ1v) is 6.81. The summed E-state index contributed by atoms with van der Waals surface area (Å²) >= 11 is 3.26. The number of hydrogen-bond acceptors (Lipinski definition) is 2. The number of aromatic nitrogens is 1. The predicted molar refractivity (Wildman–Crippen MR) is 72.7 cm³/mol. The van der Waals surface area contributed by atoms with E-state index in [1.54, 1.807) is 30.3 Å². The van der Waals surface area contributed by atoms with Crippen LogP contribution in [0.25, 0.3) is 0 Å². The van der Waals surface area contributed by atoms with E-state index in [9.17, 15) is 8.78 Å². The number of nitrogens with zero attached hydrogens (tertiary/aromatic N) is 1. The molecule has 0 saturated heterocycles. The Labute approximate surface area is 118 Å². The van der Waals surface area contributed by atoms with Crippen LogP contribution in [0, 0.1) is 0 Å². The molecule has 100 valence electrons. The summed E-state index contributed by atoms with van der Waals surface area (Å²) in [5, 5.41) is 0.619. The van der Waals surface area contributed by atoms with E-state index in [-0.39, 0.29) is 5.56 Å². The van der Waals surface area contributed by atoms with Gasteiger partial charge < -0.3 is 4.74 Å². The third-order valence-electron chi connectivity index (χ3n) is 2.55. The number of benzene rings is 1. The monoisotopic (exact) mass is 327 g/mol. The summed E-state index contributed by atoms with van der Waals surface area (Å²) in [6, 6.07) is 11.0. The van der Waals surface area contributed by atoms with Crippen LogP contribution >= 0.6 is 15.9 Å². The minimum absolute atomic E-state index is 0.0555. The molecule has 2 rings (SSSR count).